The molecule has 0 spiro atoms. The standard InChI is InChI=1S/C28H29F3N4O3S/c1-2-20-17-21(12-15-24(20)34-27(37)35-25-9-6-8-22(36)18-39-25)26(32)33-16-5-3-4-7-19-10-13-23(14-11-19)38-28(29,30)31/h6,9-17,32H,2-5,7-8,18H2,1H3,(H,34,37)/b32-26?,33-16?,35-25-. The molecule has 0 bridgehead atoms. The Morgan fingerprint density at radius 2 is 1.95 bits per heavy atom. The van der Waals surface area contributed by atoms with Crippen molar-refractivity contribution < 1.29 is 27.5 Å². The molecular weight excluding hydrogens is 529 g/mol. The number of nitrogens with one attached hydrogen (secondary N) is 2. The zero-order chi connectivity index (χ0) is 28.3. The molecule has 1 heterocycles. The van der Waals surface area contributed by atoms with Crippen LogP contribution in [-0.4, -0.2) is 41.0 Å². The number of hydrogen-bond donors (Lipinski definition) is 2. The normalized spacial score (nSPS) is 15.0. The fourth-order valence-corrected chi connectivity index (χ4v) is 4.44. The number of halogens is 3. The third-order valence-electron chi connectivity index (χ3n) is 5.63. The summed E-state index contributed by atoms with van der Waals surface area (Å²) < 4.78 is 40.6. The number of alkyl halides is 3. The minimum Gasteiger partial charge on any atom is -0.406 e. The summed E-state index contributed by atoms with van der Waals surface area (Å²) >= 11 is 1.23. The topological polar surface area (TPSA) is 104 Å². The van der Waals surface area contributed by atoms with Gasteiger partial charge >= 0.3 is 12.4 Å². The molecular formula is C28H29F3N4O3S. The zero-order valence-electron chi connectivity index (χ0n) is 21.4. The molecule has 0 fully saturated rings. The summed E-state index contributed by atoms with van der Waals surface area (Å²) in [6.45, 7) is 1.94. The number of aryl methyl sites for hydroxylation is 2. The Kier molecular flexibility index (Phi) is 11.0. The van der Waals surface area contributed by atoms with Crippen LogP contribution in [0.5, 0.6) is 5.75 Å². The van der Waals surface area contributed by atoms with Crippen LogP contribution < -0.4 is 10.1 Å². The average molecular weight is 559 g/mol. The largest absolute Gasteiger partial charge is 0.573 e. The number of hydrogen-bond acceptors (Lipinski definition) is 5. The van der Waals surface area contributed by atoms with Gasteiger partial charge in [0, 0.05) is 23.9 Å². The number of ketones is 1. The lowest BCUT2D eigenvalue weighted by Crippen LogP contribution is -2.17. The molecule has 0 atom stereocenters. The Labute approximate surface area is 229 Å². The Morgan fingerprint density at radius 1 is 1.18 bits per heavy atom. The minimum atomic E-state index is -4.70. The third-order valence-corrected chi connectivity index (χ3v) is 6.62. The number of nitrogens with zero attached hydrogens (tertiary/aromatic N) is 2. The fraction of sp³-hybridized carbons (Fsp3) is 0.321. The van der Waals surface area contributed by atoms with E-state index in [0.717, 1.165) is 24.0 Å². The predicted octanol–water partition coefficient (Wildman–Crippen LogP) is 7.15. The molecule has 0 saturated carbocycles. The van der Waals surface area contributed by atoms with Crippen molar-refractivity contribution in [1.82, 2.24) is 0 Å². The first-order valence-corrected chi connectivity index (χ1v) is 13.4. The van der Waals surface area contributed by atoms with E-state index in [9.17, 15) is 22.8 Å². The highest BCUT2D eigenvalue weighted by Gasteiger charge is 2.30. The van der Waals surface area contributed by atoms with Crippen LogP contribution in [0.3, 0.4) is 0 Å². The number of thioether (sulfide) groups is 1. The molecule has 206 valence electrons. The molecule has 0 aromatic heterocycles. The Morgan fingerprint density at radius 3 is 2.67 bits per heavy atom. The van der Waals surface area contributed by atoms with Crippen LogP contribution in [0, 0.1) is 5.41 Å². The van der Waals surface area contributed by atoms with E-state index in [2.05, 4.69) is 20.0 Å². The molecule has 2 N–H and O–H groups in total. The van der Waals surface area contributed by atoms with Gasteiger partial charge in [0.2, 0.25) is 0 Å². The molecule has 2 aromatic rings. The summed E-state index contributed by atoms with van der Waals surface area (Å²) in [6.07, 6.45) is 4.33. The zero-order valence-corrected chi connectivity index (χ0v) is 22.2. The number of anilines is 1. The predicted molar refractivity (Wildman–Crippen MR) is 149 cm³/mol. The van der Waals surface area contributed by atoms with Gasteiger partial charge in [-0.2, -0.15) is 4.99 Å². The van der Waals surface area contributed by atoms with E-state index >= 15 is 0 Å². The van der Waals surface area contributed by atoms with Crippen molar-refractivity contribution in [3.63, 3.8) is 0 Å². The number of rotatable bonds is 9. The van der Waals surface area contributed by atoms with Crippen LogP contribution in [-0.2, 0) is 17.6 Å². The summed E-state index contributed by atoms with van der Waals surface area (Å²) in [5.74, 6) is 0.238. The number of amides is 2. The quantitative estimate of drug-likeness (QED) is 0.194. The first-order valence-electron chi connectivity index (χ1n) is 12.4. The van der Waals surface area contributed by atoms with Crippen molar-refractivity contribution in [2.24, 2.45) is 9.98 Å². The molecule has 0 radical (unpaired) electrons. The highest BCUT2D eigenvalue weighted by molar-refractivity contribution is 8.14. The van der Waals surface area contributed by atoms with Crippen LogP contribution >= 0.6 is 11.8 Å². The maximum atomic E-state index is 12.4. The van der Waals surface area contributed by atoms with Gasteiger partial charge in [0.25, 0.3) is 0 Å². The lowest BCUT2D eigenvalue weighted by Gasteiger charge is -2.10. The second kappa shape index (κ2) is 14.4. The molecule has 7 nitrogen and oxygen atoms in total. The van der Waals surface area contributed by atoms with Crippen molar-refractivity contribution >= 4 is 46.4 Å². The number of carbonyl (C=O) groups is 2. The number of Topliss-reactive ketones (excluding diaryl/α,β-unsaturated/α-hetero) is 1. The van der Waals surface area contributed by atoms with Crippen molar-refractivity contribution in [1.29, 1.82) is 5.41 Å². The van der Waals surface area contributed by atoms with E-state index in [1.165, 1.54) is 23.9 Å². The first kappa shape index (κ1) is 29.8. The molecule has 0 unspecified atom stereocenters. The van der Waals surface area contributed by atoms with Gasteiger partial charge < -0.3 is 10.1 Å². The van der Waals surface area contributed by atoms with Gasteiger partial charge in [0.1, 0.15) is 16.6 Å². The van der Waals surface area contributed by atoms with E-state index in [-0.39, 0.29) is 23.1 Å². The smallest absolute Gasteiger partial charge is 0.406 e. The second-order valence-corrected chi connectivity index (χ2v) is 9.63. The molecule has 2 aromatic carbocycles. The van der Waals surface area contributed by atoms with Crippen molar-refractivity contribution in [2.75, 3.05) is 11.1 Å². The van der Waals surface area contributed by atoms with Crippen molar-refractivity contribution in [3.8, 4) is 5.75 Å². The summed E-state index contributed by atoms with van der Waals surface area (Å²) in [5.41, 5.74) is 2.98. The Balaban J connectivity index is 1.46. The number of carbonyl (C=O) groups excluding carboxylic acids is 2. The Hall–Kier alpha value is -3.73. The van der Waals surface area contributed by atoms with Gasteiger partial charge in [0.05, 0.1) is 5.75 Å². The highest BCUT2D eigenvalue weighted by atomic mass is 32.2. The summed E-state index contributed by atoms with van der Waals surface area (Å²) in [6, 6.07) is 10.6. The van der Waals surface area contributed by atoms with Gasteiger partial charge in [-0.05, 0) is 79.6 Å². The SMILES string of the molecule is CCc1cc(C(=N)N=CCCCCc2ccc(OC(F)(F)F)cc2)ccc1NC(=O)/N=C1/C=CCC(=O)CS1. The van der Waals surface area contributed by atoms with Gasteiger partial charge in [-0.15, -0.1) is 13.2 Å². The van der Waals surface area contributed by atoms with Crippen LogP contribution in [0.15, 0.2) is 64.6 Å². The highest BCUT2D eigenvalue weighted by Crippen LogP contribution is 2.23. The number of aliphatic imine (C=N–C) groups is 2. The molecule has 11 heteroatoms. The van der Waals surface area contributed by atoms with E-state index in [0.29, 0.717) is 42.0 Å². The third kappa shape index (κ3) is 10.5. The van der Waals surface area contributed by atoms with Gasteiger partial charge in [-0.1, -0.05) is 36.9 Å². The van der Waals surface area contributed by atoms with Gasteiger partial charge in [0.15, 0.2) is 5.84 Å². The average Bonchev–Trinajstić information content (AvgIpc) is 3.09. The molecule has 2 amide bonds. The first-order chi connectivity index (χ1) is 18.6. The lowest BCUT2D eigenvalue weighted by atomic mass is 10.1. The molecule has 0 aliphatic carbocycles. The minimum absolute atomic E-state index is 0.0861. The van der Waals surface area contributed by atoms with Crippen molar-refractivity contribution in [3.05, 3.63) is 71.3 Å². The maximum absolute atomic E-state index is 12.4. The van der Waals surface area contributed by atoms with Crippen LogP contribution in [0.25, 0.3) is 0 Å². The van der Waals surface area contributed by atoms with Gasteiger partial charge in [-0.25, -0.2) is 9.79 Å². The van der Waals surface area contributed by atoms with E-state index in [1.807, 2.05) is 13.0 Å². The molecule has 1 aliphatic heterocycles. The van der Waals surface area contributed by atoms with E-state index in [1.54, 1.807) is 42.6 Å². The lowest BCUT2D eigenvalue weighted by molar-refractivity contribution is -0.274. The summed E-state index contributed by atoms with van der Waals surface area (Å²) in [5, 5.41) is 11.5. The fourth-order valence-electron chi connectivity index (χ4n) is 3.67. The molecule has 1 aliphatic rings. The van der Waals surface area contributed by atoms with Crippen LogP contribution in [0.1, 0.15) is 49.3 Å². The molecule has 0 saturated heterocycles. The number of unbranched alkanes of at least 4 members (excludes halogenated alkanes) is 2. The maximum Gasteiger partial charge on any atom is 0.573 e. The number of amidine groups is 1. The summed E-state index contributed by atoms with van der Waals surface area (Å²) in [7, 11) is 0. The number of allylic oxidation sites excluding steroid dienone is 1. The summed E-state index contributed by atoms with van der Waals surface area (Å²) in [4.78, 5) is 32.2. The number of urea groups is 1. The van der Waals surface area contributed by atoms with Crippen LogP contribution in [0.4, 0.5) is 23.7 Å². The van der Waals surface area contributed by atoms with Gasteiger partial charge in [-0.3, -0.25) is 10.2 Å². The number of ether oxygens (including phenoxy) is 1. The monoisotopic (exact) mass is 558 g/mol. The molecule has 39 heavy (non-hydrogen) atoms. The number of benzene rings is 2. The van der Waals surface area contributed by atoms with Crippen molar-refractivity contribution in [2.45, 2.75) is 51.8 Å². The second-order valence-electron chi connectivity index (χ2n) is 8.64. The van der Waals surface area contributed by atoms with E-state index in [4.69, 9.17) is 5.41 Å². The Bertz CT molecular complexity index is 1270. The van der Waals surface area contributed by atoms with E-state index < -0.39 is 12.4 Å². The molecule has 3 rings (SSSR count). The van der Waals surface area contributed by atoms with Crippen LogP contribution in [0.2, 0.25) is 0 Å².